The van der Waals surface area contributed by atoms with Gasteiger partial charge in [-0.25, -0.2) is 4.79 Å². The van der Waals surface area contributed by atoms with Crippen molar-refractivity contribution in [3.8, 4) is 0 Å². The molecule has 6 N–H and O–H groups in total. The summed E-state index contributed by atoms with van der Waals surface area (Å²) in [5.41, 5.74) is 10.8. The topological polar surface area (TPSA) is 101 Å². The molecule has 0 unspecified atom stereocenters. The van der Waals surface area contributed by atoms with E-state index in [1.807, 2.05) is 0 Å². The Labute approximate surface area is 95.2 Å². The first kappa shape index (κ1) is 14.3. The molecule has 0 fully saturated rings. The van der Waals surface area contributed by atoms with E-state index in [-0.39, 0.29) is 6.04 Å². The van der Waals surface area contributed by atoms with Crippen LogP contribution in [0.1, 0.15) is 26.2 Å². The molecule has 0 saturated heterocycles. The van der Waals surface area contributed by atoms with Crippen LogP contribution in [0, 0.1) is 0 Å². The number of hydrogen-bond acceptors (Lipinski definition) is 4. The average Bonchev–Trinajstić information content (AvgIpc) is 2.15. The van der Waals surface area contributed by atoms with Crippen molar-refractivity contribution in [2.45, 2.75) is 38.3 Å². The molecule has 0 spiro atoms. The lowest BCUT2D eigenvalue weighted by Crippen LogP contribution is -2.46. The monoisotopic (exact) mass is 233 g/mol. The van der Waals surface area contributed by atoms with Gasteiger partial charge in [0, 0.05) is 0 Å². The zero-order chi connectivity index (χ0) is 11.8. The number of aliphatic carboxylic acids is 1. The lowest BCUT2D eigenvalue weighted by molar-refractivity contribution is -0.139. The van der Waals surface area contributed by atoms with Crippen LogP contribution in [-0.4, -0.2) is 34.7 Å². The molecular weight excluding hydrogens is 214 g/mol. The van der Waals surface area contributed by atoms with Crippen LogP contribution < -0.4 is 16.8 Å². The van der Waals surface area contributed by atoms with Crippen molar-refractivity contribution in [3.63, 3.8) is 0 Å². The fourth-order valence-electron chi connectivity index (χ4n) is 1.05. The van der Waals surface area contributed by atoms with Gasteiger partial charge in [0.2, 0.25) is 0 Å². The molecule has 0 aromatic carbocycles. The number of thiocarbonyl (C=S) groups is 1. The molecule has 2 atom stereocenters. The highest BCUT2D eigenvalue weighted by atomic mass is 32.1. The molecule has 0 amide bonds. The Hall–Kier alpha value is -0.720. The smallest absolute Gasteiger partial charge is 0.326 e. The first-order valence-electron chi connectivity index (χ1n) is 4.98. The average molecular weight is 233 g/mol. The van der Waals surface area contributed by atoms with Gasteiger partial charge in [-0.1, -0.05) is 12.2 Å². The Balaban J connectivity index is 4.05. The van der Waals surface area contributed by atoms with Gasteiger partial charge in [-0.05, 0) is 32.7 Å². The Morgan fingerprint density at radius 2 is 2.13 bits per heavy atom. The quantitative estimate of drug-likeness (QED) is 0.360. The Morgan fingerprint density at radius 3 is 2.53 bits per heavy atom. The number of hydrogen-bond donors (Lipinski definition) is 4. The fraction of sp³-hybridized carbons (Fsp3) is 0.778. The predicted octanol–water partition coefficient (Wildman–Crippen LogP) is -0.167. The summed E-state index contributed by atoms with van der Waals surface area (Å²) in [6.07, 6.45) is 2.10. The summed E-state index contributed by atoms with van der Waals surface area (Å²) in [6, 6.07) is -0.980. The number of carboxylic acids is 1. The molecule has 0 saturated carbocycles. The van der Waals surface area contributed by atoms with Crippen LogP contribution in [-0.2, 0) is 4.79 Å². The van der Waals surface area contributed by atoms with Crippen molar-refractivity contribution in [2.75, 3.05) is 6.54 Å². The number of rotatable bonds is 7. The summed E-state index contributed by atoms with van der Waals surface area (Å²) in [7, 11) is 0. The summed E-state index contributed by atoms with van der Waals surface area (Å²) in [6.45, 7) is 2.29. The number of carbonyl (C=O) groups is 1. The summed E-state index contributed by atoms with van der Waals surface area (Å²) >= 11 is 4.93. The first-order valence-corrected chi connectivity index (χ1v) is 5.38. The third kappa shape index (κ3) is 6.38. The standard InChI is InChI=1S/C9H19N3O2S/c1-6(11)8(15)12-7(9(13)14)4-2-3-5-10/h6-7H,2-5,10-11H2,1H3,(H,12,15)(H,13,14)/t6-,7-/m0/s1. The maximum atomic E-state index is 10.9. The van der Waals surface area contributed by atoms with Crippen LogP contribution in [0.15, 0.2) is 0 Å². The highest BCUT2D eigenvalue weighted by Gasteiger charge is 2.18. The van der Waals surface area contributed by atoms with Crippen LogP contribution in [0.3, 0.4) is 0 Å². The summed E-state index contributed by atoms with van der Waals surface area (Å²) in [5.74, 6) is -0.907. The predicted molar refractivity (Wildman–Crippen MR) is 63.7 cm³/mol. The van der Waals surface area contributed by atoms with Crippen molar-refractivity contribution in [3.05, 3.63) is 0 Å². The van der Waals surface area contributed by atoms with Crippen LogP contribution in [0.25, 0.3) is 0 Å². The molecule has 0 aliphatic rings. The van der Waals surface area contributed by atoms with E-state index in [9.17, 15) is 4.79 Å². The molecule has 6 heteroatoms. The highest BCUT2D eigenvalue weighted by Crippen LogP contribution is 2.01. The SMILES string of the molecule is C[C@H](N)C(=S)N[C@@H](CCCCN)C(=O)O. The first-order chi connectivity index (χ1) is 6.99. The van der Waals surface area contributed by atoms with Crippen molar-refractivity contribution < 1.29 is 9.90 Å². The zero-order valence-electron chi connectivity index (χ0n) is 8.90. The van der Waals surface area contributed by atoms with E-state index in [1.54, 1.807) is 6.92 Å². The van der Waals surface area contributed by atoms with Crippen molar-refractivity contribution >= 4 is 23.2 Å². The molecule has 0 bridgehead atoms. The molecule has 5 nitrogen and oxygen atoms in total. The number of carboxylic acid groups (broad SMARTS) is 1. The van der Waals surface area contributed by atoms with Gasteiger partial charge < -0.3 is 21.9 Å². The van der Waals surface area contributed by atoms with Crippen LogP contribution in [0.2, 0.25) is 0 Å². The van der Waals surface area contributed by atoms with Crippen LogP contribution >= 0.6 is 12.2 Å². The van der Waals surface area contributed by atoms with Crippen molar-refractivity contribution in [1.82, 2.24) is 5.32 Å². The maximum absolute atomic E-state index is 10.9. The second-order valence-electron chi connectivity index (χ2n) is 3.47. The summed E-state index contributed by atoms with van der Waals surface area (Å²) in [5, 5.41) is 11.6. The zero-order valence-corrected chi connectivity index (χ0v) is 9.72. The van der Waals surface area contributed by atoms with Gasteiger partial charge in [0.15, 0.2) is 0 Å². The molecule has 88 valence electrons. The molecule has 15 heavy (non-hydrogen) atoms. The van der Waals surface area contributed by atoms with E-state index in [0.717, 1.165) is 12.8 Å². The Bertz CT molecular complexity index is 221. The van der Waals surface area contributed by atoms with Crippen LogP contribution in [0.5, 0.6) is 0 Å². The molecule has 0 aromatic heterocycles. The Kier molecular flexibility index (Phi) is 7.19. The minimum atomic E-state index is -0.907. The van der Waals surface area contributed by atoms with Crippen molar-refractivity contribution in [2.24, 2.45) is 11.5 Å². The molecule has 0 aromatic rings. The number of unbranched alkanes of at least 4 members (excludes halogenated alkanes) is 1. The normalized spacial score (nSPS) is 14.3. The number of nitrogens with one attached hydrogen (secondary N) is 1. The second kappa shape index (κ2) is 7.56. The molecular formula is C9H19N3O2S. The number of nitrogens with two attached hydrogens (primary N) is 2. The maximum Gasteiger partial charge on any atom is 0.326 e. The van der Waals surface area contributed by atoms with E-state index in [1.165, 1.54) is 0 Å². The van der Waals surface area contributed by atoms with Gasteiger partial charge >= 0.3 is 5.97 Å². The van der Waals surface area contributed by atoms with E-state index in [0.29, 0.717) is 18.0 Å². The van der Waals surface area contributed by atoms with Gasteiger partial charge in [0.1, 0.15) is 6.04 Å². The third-order valence-corrected chi connectivity index (χ3v) is 2.46. The summed E-state index contributed by atoms with van der Waals surface area (Å²) in [4.78, 5) is 11.2. The molecule has 0 rings (SSSR count). The molecule has 0 radical (unpaired) electrons. The minimum absolute atomic E-state index is 0.323. The van der Waals surface area contributed by atoms with Gasteiger partial charge in [0.05, 0.1) is 11.0 Å². The summed E-state index contributed by atoms with van der Waals surface area (Å²) < 4.78 is 0. The largest absolute Gasteiger partial charge is 0.480 e. The molecule has 0 heterocycles. The van der Waals surface area contributed by atoms with Gasteiger partial charge in [-0.3, -0.25) is 0 Å². The van der Waals surface area contributed by atoms with E-state index >= 15 is 0 Å². The van der Waals surface area contributed by atoms with Gasteiger partial charge in [0.25, 0.3) is 0 Å². The van der Waals surface area contributed by atoms with Gasteiger partial charge in [-0.2, -0.15) is 0 Å². The lowest BCUT2D eigenvalue weighted by Gasteiger charge is -2.17. The Morgan fingerprint density at radius 1 is 1.53 bits per heavy atom. The molecule has 0 aliphatic carbocycles. The van der Waals surface area contributed by atoms with Crippen molar-refractivity contribution in [1.29, 1.82) is 0 Å². The van der Waals surface area contributed by atoms with E-state index < -0.39 is 12.0 Å². The lowest BCUT2D eigenvalue weighted by atomic mass is 10.1. The highest BCUT2D eigenvalue weighted by molar-refractivity contribution is 7.80. The fourth-order valence-corrected chi connectivity index (χ4v) is 1.20. The van der Waals surface area contributed by atoms with Gasteiger partial charge in [-0.15, -0.1) is 0 Å². The molecule has 0 aliphatic heterocycles. The van der Waals surface area contributed by atoms with Crippen LogP contribution in [0.4, 0.5) is 0 Å². The van der Waals surface area contributed by atoms with E-state index in [4.69, 9.17) is 28.8 Å². The third-order valence-electron chi connectivity index (χ3n) is 1.98. The second-order valence-corrected chi connectivity index (χ2v) is 3.91. The minimum Gasteiger partial charge on any atom is -0.480 e. The van der Waals surface area contributed by atoms with E-state index in [2.05, 4.69) is 5.32 Å².